The third kappa shape index (κ3) is 2.31. The summed E-state index contributed by atoms with van der Waals surface area (Å²) in [5.41, 5.74) is 1.60. The van der Waals surface area contributed by atoms with Crippen molar-refractivity contribution < 1.29 is 4.74 Å². The Kier molecular flexibility index (Phi) is 3.71. The van der Waals surface area contributed by atoms with Gasteiger partial charge in [-0.1, -0.05) is 6.42 Å². The molecule has 0 bridgehead atoms. The number of likely N-dealkylation sites (tertiary alicyclic amines) is 1. The number of imidazole rings is 1. The van der Waals surface area contributed by atoms with Crippen LogP contribution in [0, 0.1) is 4.77 Å². The smallest absolute Gasteiger partial charge is 0.242 e. The fourth-order valence-electron chi connectivity index (χ4n) is 2.86. The van der Waals surface area contributed by atoms with Crippen LogP contribution in [0.5, 0.6) is 5.88 Å². The van der Waals surface area contributed by atoms with Gasteiger partial charge in [-0.3, -0.25) is 4.57 Å². The van der Waals surface area contributed by atoms with E-state index in [1.807, 2.05) is 0 Å². The largest absolute Gasteiger partial charge is 0.479 e. The Bertz CT molecular complexity index is 664. The summed E-state index contributed by atoms with van der Waals surface area (Å²) in [5.74, 6) is 0.539. The van der Waals surface area contributed by atoms with Crippen LogP contribution < -0.4 is 4.74 Å². The van der Waals surface area contributed by atoms with Gasteiger partial charge in [0.15, 0.2) is 10.4 Å². The van der Waals surface area contributed by atoms with E-state index in [1.165, 1.54) is 25.6 Å². The molecule has 0 aliphatic carbocycles. The highest BCUT2D eigenvalue weighted by Gasteiger charge is 2.21. The van der Waals surface area contributed by atoms with E-state index in [0.717, 1.165) is 24.3 Å². The number of hydrogen-bond donors (Lipinski definition) is 1. The van der Waals surface area contributed by atoms with E-state index >= 15 is 0 Å². The van der Waals surface area contributed by atoms with E-state index in [4.69, 9.17) is 17.0 Å². The number of nitrogens with zero attached hydrogens (tertiary/aromatic N) is 4. The Morgan fingerprint density at radius 2 is 2.30 bits per heavy atom. The third-order valence-electron chi connectivity index (χ3n) is 4.03. The first-order valence-corrected chi connectivity index (χ1v) is 7.29. The maximum Gasteiger partial charge on any atom is 0.242 e. The fourth-order valence-corrected chi connectivity index (χ4v) is 3.12. The minimum Gasteiger partial charge on any atom is -0.479 e. The van der Waals surface area contributed by atoms with Crippen LogP contribution in [-0.2, 0) is 6.54 Å². The molecule has 1 N–H and O–H groups in total. The summed E-state index contributed by atoms with van der Waals surface area (Å²) in [6, 6.07) is 0.510. The normalized spacial score (nSPS) is 20.4. The van der Waals surface area contributed by atoms with E-state index in [9.17, 15) is 0 Å². The van der Waals surface area contributed by atoms with Gasteiger partial charge in [-0.05, 0) is 38.7 Å². The Hall–Kier alpha value is -1.47. The van der Waals surface area contributed by atoms with Gasteiger partial charge in [-0.25, -0.2) is 4.98 Å². The average Bonchev–Trinajstić information content (AvgIpc) is 2.77. The summed E-state index contributed by atoms with van der Waals surface area (Å²) >= 11 is 5.43. The molecule has 7 heteroatoms. The van der Waals surface area contributed by atoms with Crippen LogP contribution in [0.25, 0.3) is 11.2 Å². The molecule has 1 aliphatic rings. The summed E-state index contributed by atoms with van der Waals surface area (Å²) in [6.07, 6.45) is 5.28. The number of piperidine rings is 1. The number of methoxy groups -OCH3 is 1. The molecule has 1 saturated heterocycles. The van der Waals surface area contributed by atoms with Crippen molar-refractivity contribution in [1.82, 2.24) is 24.4 Å². The van der Waals surface area contributed by atoms with Gasteiger partial charge in [0.05, 0.1) is 7.11 Å². The number of rotatable bonds is 3. The molecule has 0 saturated carbocycles. The van der Waals surface area contributed by atoms with Gasteiger partial charge >= 0.3 is 0 Å². The Balaban J connectivity index is 1.99. The van der Waals surface area contributed by atoms with Crippen LogP contribution in [0.1, 0.15) is 19.3 Å². The molecule has 0 amide bonds. The van der Waals surface area contributed by atoms with E-state index < -0.39 is 0 Å². The first-order valence-electron chi connectivity index (χ1n) is 6.88. The Morgan fingerprint density at radius 1 is 1.45 bits per heavy atom. The number of aromatic amines is 1. The molecule has 0 radical (unpaired) electrons. The fraction of sp³-hybridized carbons (Fsp3) is 0.615. The van der Waals surface area contributed by atoms with Crippen molar-refractivity contribution in [2.24, 2.45) is 0 Å². The quantitative estimate of drug-likeness (QED) is 0.877. The van der Waals surface area contributed by atoms with Crippen LogP contribution >= 0.6 is 12.2 Å². The lowest BCUT2D eigenvalue weighted by Crippen LogP contribution is -2.39. The zero-order valence-electron chi connectivity index (χ0n) is 11.8. The lowest BCUT2D eigenvalue weighted by atomic mass is 10.0. The minimum atomic E-state index is 0.510. The second kappa shape index (κ2) is 5.49. The average molecular weight is 293 g/mol. The molecule has 1 aliphatic heterocycles. The molecule has 1 unspecified atom stereocenters. The van der Waals surface area contributed by atoms with Crippen molar-refractivity contribution in [3.63, 3.8) is 0 Å². The standard InChI is InChI=1S/C13H19N5OS/c1-17-6-4-3-5-9(17)7-18-11-10(16-13(18)20)12(19-2)15-8-14-11/h8-9H,3-7H2,1-2H3,(H,16,20). The zero-order chi connectivity index (χ0) is 14.1. The maximum absolute atomic E-state index is 5.43. The number of hydrogen-bond acceptors (Lipinski definition) is 5. The SMILES string of the molecule is COc1ncnc2c1[nH]c(=S)n2CC1CCCCN1C. The second-order valence-corrected chi connectivity index (χ2v) is 5.64. The number of ether oxygens (including phenoxy) is 1. The lowest BCUT2D eigenvalue weighted by Gasteiger charge is -2.32. The molecular weight excluding hydrogens is 274 g/mol. The first kappa shape index (κ1) is 13.5. The van der Waals surface area contributed by atoms with Crippen LogP contribution in [-0.4, -0.2) is 51.2 Å². The number of fused-ring (bicyclic) bond motifs is 1. The van der Waals surface area contributed by atoms with Gasteiger partial charge in [0.2, 0.25) is 5.88 Å². The molecule has 2 aromatic heterocycles. The molecule has 20 heavy (non-hydrogen) atoms. The number of nitrogens with one attached hydrogen (secondary N) is 1. The Morgan fingerprint density at radius 3 is 3.05 bits per heavy atom. The molecule has 3 rings (SSSR count). The van der Waals surface area contributed by atoms with Crippen molar-refractivity contribution in [2.45, 2.75) is 31.8 Å². The Labute approximate surface area is 122 Å². The minimum absolute atomic E-state index is 0.510. The van der Waals surface area contributed by atoms with Gasteiger partial charge in [-0.2, -0.15) is 4.98 Å². The van der Waals surface area contributed by atoms with Crippen LogP contribution in [0.3, 0.4) is 0 Å². The van der Waals surface area contributed by atoms with Crippen LogP contribution in [0.4, 0.5) is 0 Å². The lowest BCUT2D eigenvalue weighted by molar-refractivity contribution is 0.168. The predicted octanol–water partition coefficient (Wildman–Crippen LogP) is 1.98. The van der Waals surface area contributed by atoms with E-state index in [0.29, 0.717) is 16.7 Å². The van der Waals surface area contributed by atoms with E-state index in [1.54, 1.807) is 7.11 Å². The highest BCUT2D eigenvalue weighted by molar-refractivity contribution is 7.71. The van der Waals surface area contributed by atoms with Crippen LogP contribution in [0.15, 0.2) is 6.33 Å². The molecule has 108 valence electrons. The summed E-state index contributed by atoms with van der Waals surface area (Å²) in [6.45, 7) is 2.01. The molecular formula is C13H19N5OS. The van der Waals surface area contributed by atoms with Gasteiger partial charge in [0.25, 0.3) is 0 Å². The molecule has 3 heterocycles. The van der Waals surface area contributed by atoms with Gasteiger partial charge in [0, 0.05) is 12.6 Å². The molecule has 2 aromatic rings. The first-order chi connectivity index (χ1) is 9.70. The van der Waals surface area contributed by atoms with Crippen molar-refractivity contribution in [3.05, 3.63) is 11.1 Å². The maximum atomic E-state index is 5.43. The van der Waals surface area contributed by atoms with Gasteiger partial charge in [0.1, 0.15) is 11.8 Å². The topological polar surface area (TPSA) is 59.0 Å². The van der Waals surface area contributed by atoms with Crippen molar-refractivity contribution in [3.8, 4) is 5.88 Å². The van der Waals surface area contributed by atoms with E-state index in [2.05, 4.69) is 31.5 Å². The molecule has 0 aromatic carbocycles. The number of H-pyrrole nitrogens is 1. The predicted molar refractivity (Wildman–Crippen MR) is 79.5 cm³/mol. The molecule has 1 fully saturated rings. The highest BCUT2D eigenvalue weighted by atomic mass is 32.1. The molecule has 1 atom stereocenters. The van der Waals surface area contributed by atoms with E-state index in [-0.39, 0.29) is 0 Å². The summed E-state index contributed by atoms with van der Waals surface area (Å²) in [4.78, 5) is 14.0. The molecule has 0 spiro atoms. The van der Waals surface area contributed by atoms with Gasteiger partial charge in [-0.15, -0.1) is 0 Å². The summed E-state index contributed by atoms with van der Waals surface area (Å²) in [7, 11) is 3.78. The molecule has 6 nitrogen and oxygen atoms in total. The number of likely N-dealkylation sites (N-methyl/N-ethyl adjacent to an activating group) is 1. The van der Waals surface area contributed by atoms with Crippen LogP contribution in [0.2, 0.25) is 0 Å². The summed E-state index contributed by atoms with van der Waals surface area (Å²) in [5, 5.41) is 0. The number of aromatic nitrogens is 4. The third-order valence-corrected chi connectivity index (χ3v) is 4.36. The summed E-state index contributed by atoms with van der Waals surface area (Å²) < 4.78 is 7.99. The van der Waals surface area contributed by atoms with Crippen molar-refractivity contribution in [1.29, 1.82) is 0 Å². The zero-order valence-corrected chi connectivity index (χ0v) is 12.6. The van der Waals surface area contributed by atoms with Crippen molar-refractivity contribution in [2.75, 3.05) is 20.7 Å². The van der Waals surface area contributed by atoms with Crippen molar-refractivity contribution >= 4 is 23.4 Å². The second-order valence-electron chi connectivity index (χ2n) is 5.25. The monoisotopic (exact) mass is 293 g/mol. The highest BCUT2D eigenvalue weighted by Crippen LogP contribution is 2.23. The van der Waals surface area contributed by atoms with Gasteiger partial charge < -0.3 is 14.6 Å².